The molecule has 0 unspecified atom stereocenters. The number of esters is 2. The molecule has 0 saturated heterocycles. The lowest BCUT2D eigenvalue weighted by Gasteiger charge is -2.18. The first-order chi connectivity index (χ1) is 13.0. The molecule has 0 bridgehead atoms. The molecule has 0 aliphatic heterocycles. The Labute approximate surface area is 162 Å². The van der Waals surface area contributed by atoms with Crippen molar-refractivity contribution < 1.29 is 23.9 Å². The van der Waals surface area contributed by atoms with E-state index in [-0.39, 0.29) is 18.5 Å². The van der Waals surface area contributed by atoms with Crippen molar-refractivity contribution >= 4 is 34.2 Å². The molecule has 0 radical (unpaired) electrons. The highest BCUT2D eigenvalue weighted by Gasteiger charge is 2.29. The summed E-state index contributed by atoms with van der Waals surface area (Å²) in [5.41, 5.74) is 1.42. The molecule has 1 heterocycles. The lowest BCUT2D eigenvalue weighted by molar-refractivity contribution is -0.147. The predicted octanol–water partition coefficient (Wildman–Crippen LogP) is 3.50. The summed E-state index contributed by atoms with van der Waals surface area (Å²) in [5, 5.41) is 3.22. The molecule has 3 rings (SSSR count). The SMILES string of the molecule is COC(=O)c1c(NC(=O)COC(=O)C[C@@H]2C=CCC2)sc2c1CC[C@@H](C)C2. The Hall–Kier alpha value is -2.15. The van der Waals surface area contributed by atoms with Crippen LogP contribution in [-0.2, 0) is 31.9 Å². The molecule has 1 N–H and O–H groups in total. The van der Waals surface area contributed by atoms with Gasteiger partial charge in [-0.25, -0.2) is 4.79 Å². The second-order valence-electron chi connectivity index (χ2n) is 7.23. The third-order valence-corrected chi connectivity index (χ3v) is 6.23. The molecule has 27 heavy (non-hydrogen) atoms. The van der Waals surface area contributed by atoms with Gasteiger partial charge in [0.05, 0.1) is 19.1 Å². The van der Waals surface area contributed by atoms with E-state index in [9.17, 15) is 14.4 Å². The Balaban J connectivity index is 1.62. The highest BCUT2D eigenvalue weighted by Crippen LogP contribution is 2.40. The second-order valence-corrected chi connectivity index (χ2v) is 8.33. The summed E-state index contributed by atoms with van der Waals surface area (Å²) in [4.78, 5) is 37.5. The first-order valence-electron chi connectivity index (χ1n) is 9.33. The summed E-state index contributed by atoms with van der Waals surface area (Å²) in [6.07, 6.45) is 9.00. The van der Waals surface area contributed by atoms with Gasteiger partial charge < -0.3 is 14.8 Å². The van der Waals surface area contributed by atoms with E-state index >= 15 is 0 Å². The molecule has 2 aliphatic rings. The van der Waals surface area contributed by atoms with Crippen molar-refractivity contribution in [2.24, 2.45) is 11.8 Å². The van der Waals surface area contributed by atoms with Crippen LogP contribution in [0.15, 0.2) is 12.2 Å². The van der Waals surface area contributed by atoms with E-state index in [0.717, 1.165) is 42.5 Å². The largest absolute Gasteiger partial charge is 0.465 e. The topological polar surface area (TPSA) is 81.7 Å². The van der Waals surface area contributed by atoms with Crippen LogP contribution in [0.5, 0.6) is 0 Å². The molecule has 0 fully saturated rings. The number of hydrogen-bond acceptors (Lipinski definition) is 6. The standard InChI is InChI=1S/C20H25NO5S/c1-12-7-8-14-15(9-12)27-19(18(14)20(24)25-2)21-16(22)11-26-17(23)10-13-5-3-4-6-13/h3,5,12-13H,4,6-11H2,1-2H3,(H,21,22)/t12-,13-/m1/s1. The van der Waals surface area contributed by atoms with Gasteiger partial charge in [0, 0.05) is 4.88 Å². The molecule has 0 spiro atoms. The first-order valence-corrected chi connectivity index (χ1v) is 10.1. The molecule has 1 amide bonds. The Morgan fingerprint density at radius 3 is 2.81 bits per heavy atom. The van der Waals surface area contributed by atoms with Crippen molar-refractivity contribution in [1.82, 2.24) is 0 Å². The maximum atomic E-state index is 12.2. The minimum atomic E-state index is -0.442. The third-order valence-electron chi connectivity index (χ3n) is 5.06. The van der Waals surface area contributed by atoms with E-state index < -0.39 is 11.9 Å². The fourth-order valence-corrected chi connectivity index (χ4v) is 5.02. The van der Waals surface area contributed by atoms with Crippen molar-refractivity contribution in [2.45, 2.75) is 45.4 Å². The number of thiophene rings is 1. The summed E-state index contributed by atoms with van der Waals surface area (Å²) in [6, 6.07) is 0. The zero-order chi connectivity index (χ0) is 19.4. The zero-order valence-corrected chi connectivity index (χ0v) is 16.5. The first kappa shape index (κ1) is 19.6. The summed E-state index contributed by atoms with van der Waals surface area (Å²) in [5.74, 6) is -0.507. The van der Waals surface area contributed by atoms with Crippen molar-refractivity contribution in [1.29, 1.82) is 0 Å². The Morgan fingerprint density at radius 1 is 1.30 bits per heavy atom. The van der Waals surface area contributed by atoms with E-state index in [4.69, 9.17) is 9.47 Å². The van der Waals surface area contributed by atoms with E-state index in [1.807, 2.05) is 6.08 Å². The van der Waals surface area contributed by atoms with Crippen LogP contribution in [0.4, 0.5) is 5.00 Å². The van der Waals surface area contributed by atoms with Crippen molar-refractivity contribution in [3.8, 4) is 0 Å². The third kappa shape index (κ3) is 4.77. The van der Waals surface area contributed by atoms with Crippen LogP contribution in [0.3, 0.4) is 0 Å². The van der Waals surface area contributed by atoms with Crippen LogP contribution < -0.4 is 5.32 Å². The second kappa shape index (κ2) is 8.69. The van der Waals surface area contributed by atoms with Crippen LogP contribution in [0.2, 0.25) is 0 Å². The summed E-state index contributed by atoms with van der Waals surface area (Å²) in [7, 11) is 1.34. The lowest BCUT2D eigenvalue weighted by atomic mass is 9.88. The molecule has 7 heteroatoms. The highest BCUT2D eigenvalue weighted by atomic mass is 32.1. The highest BCUT2D eigenvalue weighted by molar-refractivity contribution is 7.17. The van der Waals surface area contributed by atoms with Crippen LogP contribution in [0.1, 0.15) is 53.4 Å². The van der Waals surface area contributed by atoms with Gasteiger partial charge in [0.25, 0.3) is 5.91 Å². The molecule has 0 saturated carbocycles. The van der Waals surface area contributed by atoms with Crippen LogP contribution in [0.25, 0.3) is 0 Å². The van der Waals surface area contributed by atoms with Crippen molar-refractivity contribution in [2.75, 3.05) is 19.0 Å². The average Bonchev–Trinajstić information content (AvgIpc) is 3.26. The average molecular weight is 391 g/mol. The maximum Gasteiger partial charge on any atom is 0.341 e. The molecular formula is C20H25NO5S. The monoisotopic (exact) mass is 391 g/mol. The summed E-state index contributed by atoms with van der Waals surface area (Å²) < 4.78 is 9.99. The number of carbonyl (C=O) groups excluding carboxylic acids is 3. The number of allylic oxidation sites excluding steroid dienone is 2. The smallest absolute Gasteiger partial charge is 0.341 e. The van der Waals surface area contributed by atoms with Crippen LogP contribution in [-0.4, -0.2) is 31.6 Å². The number of ether oxygens (including phenoxy) is 2. The number of amides is 1. The summed E-state index contributed by atoms with van der Waals surface area (Å²) in [6.45, 7) is 1.83. The predicted molar refractivity (Wildman–Crippen MR) is 103 cm³/mol. The molecule has 0 aromatic carbocycles. The van der Waals surface area contributed by atoms with Gasteiger partial charge in [-0.1, -0.05) is 19.1 Å². The Morgan fingerprint density at radius 2 is 2.11 bits per heavy atom. The fourth-order valence-electron chi connectivity index (χ4n) is 3.60. The van der Waals surface area contributed by atoms with Gasteiger partial charge >= 0.3 is 11.9 Å². The minimum Gasteiger partial charge on any atom is -0.465 e. The van der Waals surface area contributed by atoms with Gasteiger partial charge in [-0.15, -0.1) is 11.3 Å². The quantitative estimate of drug-likeness (QED) is 0.593. The van der Waals surface area contributed by atoms with Gasteiger partial charge in [0.1, 0.15) is 5.00 Å². The van der Waals surface area contributed by atoms with E-state index in [0.29, 0.717) is 22.9 Å². The molecule has 2 atom stereocenters. The van der Waals surface area contributed by atoms with Crippen molar-refractivity contribution in [3.05, 3.63) is 28.2 Å². The molecule has 1 aromatic heterocycles. The lowest BCUT2D eigenvalue weighted by Crippen LogP contribution is -2.22. The normalized spacial score (nSPS) is 20.8. The number of rotatable bonds is 6. The number of anilines is 1. The number of fused-ring (bicyclic) bond motifs is 1. The Bertz CT molecular complexity index is 767. The molecule has 6 nitrogen and oxygen atoms in total. The number of carbonyl (C=O) groups is 3. The van der Waals surface area contributed by atoms with E-state index in [1.165, 1.54) is 18.4 Å². The summed E-state index contributed by atoms with van der Waals surface area (Å²) >= 11 is 1.42. The van der Waals surface area contributed by atoms with Gasteiger partial charge in [-0.05, 0) is 49.5 Å². The fraction of sp³-hybridized carbons (Fsp3) is 0.550. The van der Waals surface area contributed by atoms with Crippen LogP contribution >= 0.6 is 11.3 Å². The zero-order valence-electron chi connectivity index (χ0n) is 15.7. The minimum absolute atomic E-state index is 0.206. The molecule has 146 valence electrons. The number of nitrogens with one attached hydrogen (secondary N) is 1. The van der Waals surface area contributed by atoms with Crippen LogP contribution in [0, 0.1) is 11.8 Å². The molecular weight excluding hydrogens is 366 g/mol. The molecule has 1 aromatic rings. The maximum absolute atomic E-state index is 12.2. The van der Waals surface area contributed by atoms with Gasteiger partial charge in [0.15, 0.2) is 6.61 Å². The van der Waals surface area contributed by atoms with E-state index in [2.05, 4.69) is 18.3 Å². The van der Waals surface area contributed by atoms with Gasteiger partial charge in [-0.2, -0.15) is 0 Å². The van der Waals surface area contributed by atoms with Gasteiger partial charge in [0.2, 0.25) is 0 Å². The number of hydrogen-bond donors (Lipinski definition) is 1. The van der Waals surface area contributed by atoms with E-state index in [1.54, 1.807) is 0 Å². The van der Waals surface area contributed by atoms with Gasteiger partial charge in [-0.3, -0.25) is 9.59 Å². The molecule has 2 aliphatic carbocycles. The Kier molecular flexibility index (Phi) is 6.31. The number of methoxy groups -OCH3 is 1. The van der Waals surface area contributed by atoms with Crippen molar-refractivity contribution in [3.63, 3.8) is 0 Å².